The van der Waals surface area contributed by atoms with E-state index < -0.39 is 12.2 Å². The number of aromatic nitrogens is 1. The fourth-order valence-electron chi connectivity index (χ4n) is 6.33. The van der Waals surface area contributed by atoms with Crippen molar-refractivity contribution in [3.05, 3.63) is 71.7 Å². The third kappa shape index (κ3) is 8.17. The molecule has 6 nitrogen and oxygen atoms in total. The van der Waals surface area contributed by atoms with Crippen LogP contribution in [0.2, 0.25) is 0 Å². The van der Waals surface area contributed by atoms with Gasteiger partial charge in [-0.2, -0.15) is 0 Å². The van der Waals surface area contributed by atoms with Crippen LogP contribution in [0.25, 0.3) is 22.4 Å². The lowest BCUT2D eigenvalue weighted by atomic mass is 9.96. The number of nitrogens with zero attached hydrogens (tertiary/aromatic N) is 1. The van der Waals surface area contributed by atoms with Crippen molar-refractivity contribution in [1.82, 2.24) is 9.88 Å². The molecular formula is C35H45FN2O4. The van der Waals surface area contributed by atoms with Gasteiger partial charge in [0.25, 0.3) is 0 Å². The quantitative estimate of drug-likeness (QED) is 0.202. The summed E-state index contributed by atoms with van der Waals surface area (Å²) in [5, 5.41) is 24.7. The van der Waals surface area contributed by atoms with Crippen LogP contribution in [0.1, 0.15) is 100 Å². The molecular weight excluding hydrogens is 531 g/mol. The molecule has 7 heteroatoms. The number of amides is 1. The number of halogens is 1. The highest BCUT2D eigenvalue weighted by Crippen LogP contribution is 2.41. The van der Waals surface area contributed by atoms with E-state index in [0.717, 1.165) is 60.0 Å². The average Bonchev–Trinajstić information content (AvgIpc) is 3.28. The molecule has 3 aromatic rings. The Balaban J connectivity index is 1.52. The number of rotatable bonds is 12. The van der Waals surface area contributed by atoms with E-state index >= 15 is 0 Å². The third-order valence-corrected chi connectivity index (χ3v) is 8.31. The monoisotopic (exact) mass is 576 g/mol. The molecule has 2 aromatic carbocycles. The van der Waals surface area contributed by atoms with Crippen molar-refractivity contribution in [2.24, 2.45) is 0 Å². The molecule has 3 N–H and O–H groups in total. The Morgan fingerprint density at radius 2 is 1.60 bits per heavy atom. The minimum absolute atomic E-state index is 0.00146. The maximum atomic E-state index is 13.9. The lowest BCUT2D eigenvalue weighted by molar-refractivity contribution is -0.124. The van der Waals surface area contributed by atoms with Crippen LogP contribution in [-0.4, -0.2) is 45.2 Å². The first-order chi connectivity index (χ1) is 20.3. The molecule has 1 aromatic heterocycles. The molecule has 1 saturated carbocycles. The van der Waals surface area contributed by atoms with Gasteiger partial charge in [0.1, 0.15) is 5.82 Å². The van der Waals surface area contributed by atoms with E-state index in [4.69, 9.17) is 0 Å². The van der Waals surface area contributed by atoms with Crippen LogP contribution in [-0.2, 0) is 11.3 Å². The van der Waals surface area contributed by atoms with Crippen LogP contribution in [0.4, 0.5) is 4.39 Å². The van der Waals surface area contributed by atoms with Gasteiger partial charge in [-0.25, -0.2) is 4.39 Å². The highest BCUT2D eigenvalue weighted by atomic mass is 19.1. The van der Waals surface area contributed by atoms with Crippen molar-refractivity contribution in [2.75, 3.05) is 0 Å². The number of aldehydes is 1. The molecule has 0 saturated heterocycles. The van der Waals surface area contributed by atoms with Crippen LogP contribution in [0.3, 0.4) is 0 Å². The zero-order valence-electron chi connectivity index (χ0n) is 24.9. The lowest BCUT2D eigenvalue weighted by Gasteiger charge is -2.22. The number of benzene rings is 2. The van der Waals surface area contributed by atoms with Crippen molar-refractivity contribution < 1.29 is 24.2 Å². The molecule has 1 aliphatic carbocycles. The van der Waals surface area contributed by atoms with E-state index in [1.807, 2.05) is 44.2 Å². The molecule has 1 heterocycles. The summed E-state index contributed by atoms with van der Waals surface area (Å²) < 4.78 is 15.9. The molecule has 0 aliphatic heterocycles. The van der Waals surface area contributed by atoms with Gasteiger partial charge >= 0.3 is 0 Å². The maximum absolute atomic E-state index is 13.9. The van der Waals surface area contributed by atoms with E-state index in [1.54, 1.807) is 12.1 Å². The second kappa shape index (κ2) is 15.3. The second-order valence-electron chi connectivity index (χ2n) is 12.0. The SMILES string of the molecule is CC(C)c1c(C=O)c(-c2ccccc2)c(-c2ccc(F)cc2)n1CCC(O)CC(O)CC(=O)NC1CCCCCCC1. The Kier molecular flexibility index (Phi) is 11.5. The van der Waals surface area contributed by atoms with E-state index in [-0.39, 0.29) is 36.5 Å². The Hall–Kier alpha value is -3.29. The second-order valence-corrected chi connectivity index (χ2v) is 12.0. The minimum Gasteiger partial charge on any atom is -0.393 e. The first-order valence-electron chi connectivity index (χ1n) is 15.5. The smallest absolute Gasteiger partial charge is 0.222 e. The minimum atomic E-state index is -0.954. The third-order valence-electron chi connectivity index (χ3n) is 8.31. The Morgan fingerprint density at radius 1 is 0.952 bits per heavy atom. The van der Waals surface area contributed by atoms with E-state index in [2.05, 4.69) is 9.88 Å². The van der Waals surface area contributed by atoms with Crippen molar-refractivity contribution in [3.8, 4) is 22.4 Å². The molecule has 4 rings (SSSR count). The summed E-state index contributed by atoms with van der Waals surface area (Å²) in [6.07, 6.45) is 7.27. The molecule has 0 radical (unpaired) electrons. The molecule has 42 heavy (non-hydrogen) atoms. The Bertz CT molecular complexity index is 1290. The van der Waals surface area contributed by atoms with E-state index in [9.17, 15) is 24.2 Å². The van der Waals surface area contributed by atoms with Gasteiger partial charge in [0.2, 0.25) is 5.91 Å². The molecule has 2 atom stereocenters. The summed E-state index contributed by atoms with van der Waals surface area (Å²) in [7, 11) is 0. The summed E-state index contributed by atoms with van der Waals surface area (Å²) in [5.74, 6) is -0.517. The van der Waals surface area contributed by atoms with E-state index in [1.165, 1.54) is 31.4 Å². The van der Waals surface area contributed by atoms with E-state index in [0.29, 0.717) is 18.5 Å². The average molecular weight is 577 g/mol. The number of aliphatic hydroxyl groups excluding tert-OH is 2. The zero-order valence-corrected chi connectivity index (χ0v) is 24.9. The summed E-state index contributed by atoms with van der Waals surface area (Å²) in [6, 6.07) is 16.1. The number of hydrogen-bond donors (Lipinski definition) is 3. The molecule has 1 amide bonds. The van der Waals surface area contributed by atoms with Gasteiger partial charge in [0.05, 0.1) is 24.3 Å². The summed E-state index contributed by atoms with van der Waals surface area (Å²) in [5.41, 5.74) is 4.64. The summed E-state index contributed by atoms with van der Waals surface area (Å²) >= 11 is 0. The van der Waals surface area contributed by atoms with Gasteiger partial charge in [-0.3, -0.25) is 9.59 Å². The Labute approximate surface area is 249 Å². The fraction of sp³-hybridized carbons (Fsp3) is 0.486. The van der Waals surface area contributed by atoms with Gasteiger partial charge in [-0.15, -0.1) is 0 Å². The van der Waals surface area contributed by atoms with Crippen molar-refractivity contribution >= 4 is 12.2 Å². The predicted molar refractivity (Wildman–Crippen MR) is 165 cm³/mol. The van der Waals surface area contributed by atoms with Crippen molar-refractivity contribution in [1.29, 1.82) is 0 Å². The highest BCUT2D eigenvalue weighted by molar-refractivity contribution is 5.97. The summed E-state index contributed by atoms with van der Waals surface area (Å²) in [4.78, 5) is 25.2. The molecule has 1 aliphatic rings. The van der Waals surface area contributed by atoms with Gasteiger partial charge in [0, 0.05) is 29.4 Å². The first-order valence-corrected chi connectivity index (χ1v) is 15.5. The Morgan fingerprint density at radius 3 is 2.21 bits per heavy atom. The largest absolute Gasteiger partial charge is 0.393 e. The van der Waals surface area contributed by atoms with Gasteiger partial charge in [-0.1, -0.05) is 76.3 Å². The molecule has 0 bridgehead atoms. The van der Waals surface area contributed by atoms with Crippen molar-refractivity contribution in [3.63, 3.8) is 0 Å². The number of carbonyl (C=O) groups is 2. The van der Waals surface area contributed by atoms with Crippen LogP contribution in [0, 0.1) is 5.82 Å². The van der Waals surface area contributed by atoms with Crippen LogP contribution in [0.5, 0.6) is 0 Å². The highest BCUT2D eigenvalue weighted by Gasteiger charge is 2.27. The van der Waals surface area contributed by atoms with Crippen LogP contribution < -0.4 is 5.32 Å². The summed E-state index contributed by atoms with van der Waals surface area (Å²) in [6.45, 7) is 4.43. The predicted octanol–water partition coefficient (Wildman–Crippen LogP) is 7.02. The standard InChI is InChI=1S/C35H45FN2O4/c1-24(2)34-31(23-39)33(25-11-7-6-8-12-25)35(26-15-17-27(36)18-16-26)38(34)20-19-29(40)21-30(41)22-32(42)37-28-13-9-4-3-5-10-14-28/h6-8,11-12,15-18,23-24,28-30,40-41H,3-5,9-10,13-14,19-22H2,1-2H3,(H,37,42). The van der Waals surface area contributed by atoms with Gasteiger partial charge in [0.15, 0.2) is 6.29 Å². The molecule has 226 valence electrons. The number of hydrogen-bond acceptors (Lipinski definition) is 4. The number of carbonyl (C=O) groups excluding carboxylic acids is 2. The fourth-order valence-corrected chi connectivity index (χ4v) is 6.33. The maximum Gasteiger partial charge on any atom is 0.222 e. The van der Waals surface area contributed by atoms with Gasteiger partial charge < -0.3 is 20.1 Å². The number of aliphatic hydroxyl groups is 2. The number of nitrogens with one attached hydrogen (secondary N) is 1. The topological polar surface area (TPSA) is 91.6 Å². The lowest BCUT2D eigenvalue weighted by Crippen LogP contribution is -2.37. The zero-order chi connectivity index (χ0) is 30.1. The van der Waals surface area contributed by atoms with Crippen molar-refractivity contribution in [2.45, 2.75) is 109 Å². The van der Waals surface area contributed by atoms with Crippen LogP contribution in [0.15, 0.2) is 54.6 Å². The molecule has 0 spiro atoms. The molecule has 2 unspecified atom stereocenters. The normalized spacial score (nSPS) is 16.0. The van der Waals surface area contributed by atoms with Gasteiger partial charge in [-0.05, 0) is 67.0 Å². The molecule has 1 fully saturated rings. The first kappa shape index (κ1) is 31.6. The van der Waals surface area contributed by atoms with Crippen LogP contribution >= 0.6 is 0 Å².